The van der Waals surface area contributed by atoms with E-state index in [1.165, 1.54) is 109 Å². The van der Waals surface area contributed by atoms with E-state index >= 15 is 0 Å². The molecule has 234 valence electrons. The van der Waals surface area contributed by atoms with E-state index in [4.69, 9.17) is 12.6 Å². The predicted octanol–water partition coefficient (Wildman–Crippen LogP) is 10.8. The maximum atomic E-state index is 4.87. The molecule has 0 saturated heterocycles. The summed E-state index contributed by atoms with van der Waals surface area (Å²) in [5, 5.41) is 4.54. The molecule has 0 radical (unpaired) electrons. The Labute approximate surface area is 261 Å². The number of nitrogens with zero attached hydrogens (tertiary/aromatic N) is 2. The van der Waals surface area contributed by atoms with E-state index in [2.05, 4.69) is 67.0 Å². The molecule has 0 bridgehead atoms. The Kier molecular flexibility index (Phi) is 23.9. The molecular weight excluding hydrogens is 518 g/mol. The van der Waals surface area contributed by atoms with Crippen LogP contribution in [-0.2, 0) is 0 Å². The Morgan fingerprint density at radius 3 is 2.27 bits per heavy atom. The first-order valence-corrected chi connectivity index (χ1v) is 17.5. The molecule has 0 aromatic rings. The number of likely N-dealkylation sites (N-methyl/N-ethyl adjacent to an activating group) is 1. The van der Waals surface area contributed by atoms with Gasteiger partial charge in [0.05, 0.1) is 5.03 Å². The van der Waals surface area contributed by atoms with Crippen LogP contribution in [0, 0.1) is 0 Å². The third kappa shape index (κ3) is 17.9. The van der Waals surface area contributed by atoms with Gasteiger partial charge in [-0.1, -0.05) is 120 Å². The van der Waals surface area contributed by atoms with Gasteiger partial charge in [-0.2, -0.15) is 0 Å². The zero-order valence-electron chi connectivity index (χ0n) is 27.5. The highest BCUT2D eigenvalue weighted by atomic mass is 32.1. The van der Waals surface area contributed by atoms with Crippen molar-refractivity contribution in [3.63, 3.8) is 0 Å². The molecule has 0 aliphatic heterocycles. The summed E-state index contributed by atoms with van der Waals surface area (Å²) in [5.74, 6) is 0. The Balaban J connectivity index is 2.48. The topological polar surface area (TPSA) is 27.6 Å². The van der Waals surface area contributed by atoms with E-state index in [1.54, 1.807) is 11.1 Å². The fraction of sp³-hybridized carbons (Fsp3) is 0.703. The summed E-state index contributed by atoms with van der Waals surface area (Å²) in [4.78, 5) is 6.80. The first-order valence-electron chi connectivity index (χ1n) is 17.0. The van der Waals surface area contributed by atoms with Gasteiger partial charge in [-0.3, -0.25) is 4.99 Å². The molecule has 0 unspecified atom stereocenters. The second-order valence-electron chi connectivity index (χ2n) is 11.7. The zero-order chi connectivity index (χ0) is 30.0. The fourth-order valence-electron chi connectivity index (χ4n) is 5.72. The third-order valence-electron chi connectivity index (χ3n) is 8.32. The highest BCUT2D eigenvalue weighted by molar-refractivity contribution is 7.84. The lowest BCUT2D eigenvalue weighted by molar-refractivity contribution is 0.437. The van der Waals surface area contributed by atoms with Crippen molar-refractivity contribution in [1.29, 1.82) is 0 Å². The molecule has 4 heteroatoms. The van der Waals surface area contributed by atoms with Crippen LogP contribution in [0.3, 0.4) is 0 Å². The molecule has 1 rings (SSSR count). The Bertz CT molecular complexity index is 833. The van der Waals surface area contributed by atoms with Crippen molar-refractivity contribution in [3.8, 4) is 0 Å². The number of rotatable bonds is 19. The lowest BCUT2D eigenvalue weighted by Gasteiger charge is -2.22. The minimum Gasteiger partial charge on any atom is -0.368 e. The number of unbranched alkanes of at least 4 members (excludes halogenated alkanes) is 5. The summed E-state index contributed by atoms with van der Waals surface area (Å²) in [7, 11) is 4.01. The van der Waals surface area contributed by atoms with E-state index in [9.17, 15) is 0 Å². The first kappa shape index (κ1) is 37.5. The maximum Gasteiger partial charge on any atom is 0.0766 e. The average molecular weight is 584 g/mol. The molecule has 1 aliphatic carbocycles. The van der Waals surface area contributed by atoms with Gasteiger partial charge in [0, 0.05) is 45.0 Å². The minimum absolute atomic E-state index is 0.900. The van der Waals surface area contributed by atoms with Crippen LogP contribution in [-0.4, -0.2) is 44.3 Å². The zero-order valence-corrected chi connectivity index (χ0v) is 28.4. The highest BCUT2D eigenvalue weighted by Gasteiger charge is 2.11. The summed E-state index contributed by atoms with van der Waals surface area (Å²) in [6, 6.07) is 0. The van der Waals surface area contributed by atoms with Crippen LogP contribution in [0.4, 0.5) is 0 Å². The summed E-state index contributed by atoms with van der Waals surface area (Å²) < 4.78 is 0. The smallest absolute Gasteiger partial charge is 0.0766 e. The fourth-order valence-corrected chi connectivity index (χ4v) is 6.04. The molecule has 0 spiro atoms. The second kappa shape index (κ2) is 26.1. The number of allylic oxidation sites excluding steroid dienone is 7. The van der Waals surface area contributed by atoms with Crippen LogP contribution in [0.25, 0.3) is 0 Å². The van der Waals surface area contributed by atoms with Gasteiger partial charge in [0.2, 0.25) is 0 Å². The molecule has 0 heterocycles. The number of aliphatic imine (C=N–C) groups is 1. The van der Waals surface area contributed by atoms with Gasteiger partial charge < -0.3 is 10.2 Å². The number of nitrogens with one attached hydrogen (secondary N) is 1. The Morgan fingerprint density at radius 1 is 0.951 bits per heavy atom. The molecule has 1 N–H and O–H groups in total. The van der Waals surface area contributed by atoms with Crippen molar-refractivity contribution in [3.05, 3.63) is 58.7 Å². The van der Waals surface area contributed by atoms with Crippen LogP contribution in [0.1, 0.15) is 136 Å². The van der Waals surface area contributed by atoms with Gasteiger partial charge in [0.1, 0.15) is 0 Å². The molecule has 0 atom stereocenters. The number of thiol groups is 1. The van der Waals surface area contributed by atoms with Crippen LogP contribution >= 0.6 is 12.6 Å². The lowest BCUT2D eigenvalue weighted by atomic mass is 9.92. The second-order valence-corrected chi connectivity index (χ2v) is 12.1. The van der Waals surface area contributed by atoms with E-state index < -0.39 is 0 Å². The van der Waals surface area contributed by atoms with E-state index in [-0.39, 0.29) is 0 Å². The van der Waals surface area contributed by atoms with Gasteiger partial charge in [0.25, 0.3) is 0 Å². The van der Waals surface area contributed by atoms with Crippen molar-refractivity contribution in [2.24, 2.45) is 4.99 Å². The van der Waals surface area contributed by atoms with E-state index in [1.807, 2.05) is 13.1 Å². The van der Waals surface area contributed by atoms with Gasteiger partial charge in [-0.15, -0.1) is 12.6 Å². The monoisotopic (exact) mass is 583 g/mol. The number of hydrogen-bond donors (Lipinski definition) is 2. The molecule has 0 fully saturated rings. The van der Waals surface area contributed by atoms with Gasteiger partial charge in [-0.05, 0) is 63.9 Å². The normalized spacial score (nSPS) is 18.8. The van der Waals surface area contributed by atoms with Crippen LogP contribution in [0.15, 0.2) is 63.7 Å². The minimum atomic E-state index is 0.900. The molecule has 1 aliphatic rings. The lowest BCUT2D eigenvalue weighted by Crippen LogP contribution is -2.28. The predicted molar refractivity (Wildman–Crippen MR) is 189 cm³/mol. The number of hydrogen-bond acceptors (Lipinski definition) is 4. The van der Waals surface area contributed by atoms with Gasteiger partial charge >= 0.3 is 0 Å². The van der Waals surface area contributed by atoms with Crippen LogP contribution in [0.2, 0.25) is 0 Å². The van der Waals surface area contributed by atoms with Crippen molar-refractivity contribution in [1.82, 2.24) is 10.2 Å². The third-order valence-corrected chi connectivity index (χ3v) is 8.90. The average Bonchev–Trinajstić information content (AvgIpc) is 2.97. The standard InChI is InChI=1S/C37H65N3S/c1-6-9-10-11-18-23-29-36(38-4)35(8-3)37(41)40(5)32-31-39-30-24-19-22-28-34-27-21-17-15-13-12-14-16-20-26-33(34)25-7-2/h7-8,19,24-25,39,41H,3,6,9-18,20-23,26-32H2,1-2,4-5H3/b24-19?,25-7-,34-33+,37-35+,38-36-. The summed E-state index contributed by atoms with van der Waals surface area (Å²) in [5.41, 5.74) is 5.53. The van der Waals surface area contributed by atoms with Crippen molar-refractivity contribution in [2.75, 3.05) is 33.7 Å². The molecule has 0 saturated carbocycles. The van der Waals surface area contributed by atoms with E-state index in [0.717, 1.165) is 48.8 Å². The molecular formula is C37H65N3S. The van der Waals surface area contributed by atoms with Gasteiger partial charge in [0.15, 0.2) is 0 Å². The molecule has 0 aromatic heterocycles. The SMILES string of the molecule is C=CC(/C(CCCCCCCC)=N\C)=C(\S)N(C)CCNCC=CCC/C1=C(\C=C/C)CCCCCCCCCC1. The highest BCUT2D eigenvalue weighted by Crippen LogP contribution is 2.26. The molecule has 0 amide bonds. The largest absolute Gasteiger partial charge is 0.368 e. The Morgan fingerprint density at radius 2 is 1.61 bits per heavy atom. The summed E-state index contributed by atoms with van der Waals surface area (Å²) >= 11 is 4.87. The summed E-state index contributed by atoms with van der Waals surface area (Å²) in [6.45, 7) is 11.2. The quantitative estimate of drug-likeness (QED) is 0.0520. The molecule has 41 heavy (non-hydrogen) atoms. The van der Waals surface area contributed by atoms with E-state index in [0.29, 0.717) is 0 Å². The maximum absolute atomic E-state index is 4.87. The first-order chi connectivity index (χ1) is 20.1. The van der Waals surface area contributed by atoms with Crippen LogP contribution in [0.5, 0.6) is 0 Å². The van der Waals surface area contributed by atoms with Crippen molar-refractivity contribution < 1.29 is 0 Å². The van der Waals surface area contributed by atoms with Crippen molar-refractivity contribution in [2.45, 2.75) is 136 Å². The Hall–Kier alpha value is -1.52. The van der Waals surface area contributed by atoms with Crippen LogP contribution < -0.4 is 5.32 Å². The van der Waals surface area contributed by atoms with Crippen molar-refractivity contribution >= 4 is 18.3 Å². The summed E-state index contributed by atoms with van der Waals surface area (Å²) in [6.07, 6.45) is 36.1. The van der Waals surface area contributed by atoms with Gasteiger partial charge in [-0.25, -0.2) is 0 Å². The molecule has 0 aromatic carbocycles. The molecule has 3 nitrogen and oxygen atoms in total.